The monoisotopic (exact) mass is 312 g/mol. The number of halogens is 1. The van der Waals surface area contributed by atoms with Gasteiger partial charge in [0.1, 0.15) is 0 Å². The molecule has 1 saturated heterocycles. The second kappa shape index (κ2) is 6.04. The molecule has 1 heterocycles. The van der Waals surface area contributed by atoms with Gasteiger partial charge in [-0.15, -0.1) is 0 Å². The standard InChI is InChI=1S/C14H21BrN2O/c1-3-12-9-18-10(2)7-17(12)8-11-4-5-14(16)13(15)6-11/h4-6,10,12H,3,7-9,16H2,1-2H3. The summed E-state index contributed by atoms with van der Waals surface area (Å²) in [5, 5.41) is 0. The number of nitrogens with zero attached hydrogens (tertiary/aromatic N) is 1. The van der Waals surface area contributed by atoms with Crippen LogP contribution in [-0.4, -0.2) is 30.2 Å². The van der Waals surface area contributed by atoms with Gasteiger partial charge in [-0.2, -0.15) is 0 Å². The normalized spacial score (nSPS) is 25.3. The zero-order valence-electron chi connectivity index (χ0n) is 11.0. The predicted octanol–water partition coefficient (Wildman–Crippen LogP) is 3.03. The van der Waals surface area contributed by atoms with Crippen LogP contribution >= 0.6 is 15.9 Å². The van der Waals surface area contributed by atoms with Crippen LogP contribution in [0.1, 0.15) is 25.8 Å². The summed E-state index contributed by atoms with van der Waals surface area (Å²) >= 11 is 3.49. The maximum Gasteiger partial charge on any atom is 0.0674 e. The maximum atomic E-state index is 5.82. The van der Waals surface area contributed by atoms with Crippen molar-refractivity contribution in [3.05, 3.63) is 28.2 Å². The van der Waals surface area contributed by atoms with Gasteiger partial charge in [0.2, 0.25) is 0 Å². The summed E-state index contributed by atoms with van der Waals surface area (Å²) < 4.78 is 6.70. The van der Waals surface area contributed by atoms with Crippen LogP contribution < -0.4 is 5.73 Å². The van der Waals surface area contributed by atoms with Crippen molar-refractivity contribution in [1.29, 1.82) is 0 Å². The Labute approximate surface area is 117 Å². The second-order valence-corrected chi connectivity index (χ2v) is 5.85. The molecule has 0 saturated carbocycles. The van der Waals surface area contributed by atoms with Gasteiger partial charge in [0.15, 0.2) is 0 Å². The van der Waals surface area contributed by atoms with Crippen LogP contribution in [0.2, 0.25) is 0 Å². The van der Waals surface area contributed by atoms with E-state index in [0.29, 0.717) is 12.1 Å². The number of nitrogens with two attached hydrogens (primary N) is 1. The van der Waals surface area contributed by atoms with Gasteiger partial charge in [-0.3, -0.25) is 4.90 Å². The molecular formula is C14H21BrN2O. The number of morpholine rings is 1. The van der Waals surface area contributed by atoms with Crippen molar-refractivity contribution in [3.63, 3.8) is 0 Å². The quantitative estimate of drug-likeness (QED) is 0.872. The fourth-order valence-corrected chi connectivity index (χ4v) is 2.81. The van der Waals surface area contributed by atoms with Gasteiger partial charge in [-0.1, -0.05) is 13.0 Å². The van der Waals surface area contributed by atoms with Crippen LogP contribution in [0.5, 0.6) is 0 Å². The van der Waals surface area contributed by atoms with Crippen LogP contribution in [0.25, 0.3) is 0 Å². The summed E-state index contributed by atoms with van der Waals surface area (Å²) in [7, 11) is 0. The van der Waals surface area contributed by atoms with Gasteiger partial charge in [0, 0.05) is 29.3 Å². The molecule has 2 unspecified atom stereocenters. The molecule has 0 spiro atoms. The lowest BCUT2D eigenvalue weighted by atomic mass is 10.1. The summed E-state index contributed by atoms with van der Waals surface area (Å²) in [6, 6.07) is 6.71. The Balaban J connectivity index is 2.08. The Morgan fingerprint density at radius 3 is 2.94 bits per heavy atom. The largest absolute Gasteiger partial charge is 0.398 e. The van der Waals surface area contributed by atoms with Crippen LogP contribution in [0, 0.1) is 0 Å². The molecule has 0 aliphatic carbocycles. The van der Waals surface area contributed by atoms with Gasteiger partial charge in [-0.25, -0.2) is 0 Å². The highest BCUT2D eigenvalue weighted by molar-refractivity contribution is 9.10. The first kappa shape index (κ1) is 13.8. The first-order chi connectivity index (χ1) is 8.60. The number of ether oxygens (including phenoxy) is 1. The number of benzene rings is 1. The predicted molar refractivity (Wildman–Crippen MR) is 78.5 cm³/mol. The third-order valence-corrected chi connectivity index (χ3v) is 4.19. The molecule has 2 atom stereocenters. The molecule has 2 N–H and O–H groups in total. The molecule has 18 heavy (non-hydrogen) atoms. The SMILES string of the molecule is CCC1COC(C)CN1Cc1ccc(N)c(Br)c1. The summed E-state index contributed by atoms with van der Waals surface area (Å²) in [4.78, 5) is 2.51. The molecule has 1 aromatic carbocycles. The minimum absolute atomic E-state index is 0.324. The molecule has 1 fully saturated rings. The van der Waals surface area contributed by atoms with Crippen molar-refractivity contribution in [2.75, 3.05) is 18.9 Å². The Morgan fingerprint density at radius 2 is 2.28 bits per heavy atom. The fraction of sp³-hybridized carbons (Fsp3) is 0.571. The molecule has 4 heteroatoms. The summed E-state index contributed by atoms with van der Waals surface area (Å²) in [5.41, 5.74) is 7.90. The number of hydrogen-bond donors (Lipinski definition) is 1. The van der Waals surface area contributed by atoms with Crippen molar-refractivity contribution in [2.24, 2.45) is 0 Å². The molecule has 2 rings (SSSR count). The van der Waals surface area contributed by atoms with E-state index in [1.165, 1.54) is 5.56 Å². The van der Waals surface area contributed by atoms with Gasteiger partial charge >= 0.3 is 0 Å². The number of hydrogen-bond acceptors (Lipinski definition) is 3. The van der Waals surface area contributed by atoms with E-state index in [9.17, 15) is 0 Å². The molecule has 1 aromatic rings. The molecule has 0 amide bonds. The number of rotatable bonds is 3. The second-order valence-electron chi connectivity index (χ2n) is 4.99. The molecule has 0 aromatic heterocycles. The lowest BCUT2D eigenvalue weighted by Crippen LogP contribution is -2.47. The van der Waals surface area contributed by atoms with Crippen molar-refractivity contribution in [3.8, 4) is 0 Å². The van der Waals surface area contributed by atoms with Gasteiger partial charge in [-0.05, 0) is 47.0 Å². The molecule has 3 nitrogen and oxygen atoms in total. The zero-order chi connectivity index (χ0) is 13.1. The van der Waals surface area contributed by atoms with E-state index in [1.54, 1.807) is 0 Å². The summed E-state index contributed by atoms with van der Waals surface area (Å²) in [6.45, 7) is 7.16. The van der Waals surface area contributed by atoms with Crippen LogP contribution in [0.15, 0.2) is 22.7 Å². The Kier molecular flexibility index (Phi) is 4.65. The first-order valence-corrected chi connectivity index (χ1v) is 7.29. The van der Waals surface area contributed by atoms with Crippen molar-refractivity contribution in [2.45, 2.75) is 39.0 Å². The lowest BCUT2D eigenvalue weighted by molar-refractivity contribution is -0.0592. The van der Waals surface area contributed by atoms with E-state index in [0.717, 1.165) is 36.3 Å². The average Bonchev–Trinajstić information content (AvgIpc) is 2.34. The third kappa shape index (κ3) is 3.25. The zero-order valence-corrected chi connectivity index (χ0v) is 12.6. The minimum atomic E-state index is 0.324. The van der Waals surface area contributed by atoms with Gasteiger partial charge < -0.3 is 10.5 Å². The molecule has 1 aliphatic heterocycles. The van der Waals surface area contributed by atoms with Crippen molar-refractivity contribution < 1.29 is 4.74 Å². The van der Waals surface area contributed by atoms with Crippen molar-refractivity contribution >= 4 is 21.6 Å². The smallest absolute Gasteiger partial charge is 0.0674 e. The minimum Gasteiger partial charge on any atom is -0.398 e. The Hall–Kier alpha value is -0.580. The highest BCUT2D eigenvalue weighted by Gasteiger charge is 2.25. The number of anilines is 1. The first-order valence-electron chi connectivity index (χ1n) is 6.49. The molecule has 0 bridgehead atoms. The average molecular weight is 313 g/mol. The van der Waals surface area contributed by atoms with Gasteiger partial charge in [0.25, 0.3) is 0 Å². The van der Waals surface area contributed by atoms with Crippen molar-refractivity contribution in [1.82, 2.24) is 4.90 Å². The van der Waals surface area contributed by atoms with Crippen LogP contribution in [0.4, 0.5) is 5.69 Å². The Bertz CT molecular complexity index is 411. The molecular weight excluding hydrogens is 292 g/mol. The third-order valence-electron chi connectivity index (χ3n) is 3.50. The number of nitrogen functional groups attached to an aromatic ring is 1. The maximum absolute atomic E-state index is 5.82. The van der Waals surface area contributed by atoms with E-state index < -0.39 is 0 Å². The molecule has 1 aliphatic rings. The molecule has 0 radical (unpaired) electrons. The molecule has 100 valence electrons. The van der Waals surface area contributed by atoms with E-state index in [-0.39, 0.29) is 0 Å². The van der Waals surface area contributed by atoms with Gasteiger partial charge in [0.05, 0.1) is 12.7 Å². The topological polar surface area (TPSA) is 38.5 Å². The van der Waals surface area contributed by atoms with E-state index in [2.05, 4.69) is 46.8 Å². The lowest BCUT2D eigenvalue weighted by Gasteiger charge is -2.38. The highest BCUT2D eigenvalue weighted by atomic mass is 79.9. The fourth-order valence-electron chi connectivity index (χ4n) is 2.39. The van der Waals surface area contributed by atoms with E-state index in [1.807, 2.05) is 6.07 Å². The van der Waals surface area contributed by atoms with Crippen LogP contribution in [0.3, 0.4) is 0 Å². The van der Waals surface area contributed by atoms with Crippen LogP contribution in [-0.2, 0) is 11.3 Å². The summed E-state index contributed by atoms with van der Waals surface area (Å²) in [6.07, 6.45) is 1.45. The summed E-state index contributed by atoms with van der Waals surface area (Å²) in [5.74, 6) is 0. The van der Waals surface area contributed by atoms with E-state index in [4.69, 9.17) is 10.5 Å². The van der Waals surface area contributed by atoms with E-state index >= 15 is 0 Å². The highest BCUT2D eigenvalue weighted by Crippen LogP contribution is 2.23. The Morgan fingerprint density at radius 1 is 1.50 bits per heavy atom.